The fraction of sp³-hybridized carbons (Fsp3) is 0. The zero-order chi connectivity index (χ0) is 8.10. The molecule has 0 saturated carbocycles. The van der Waals surface area contributed by atoms with Gasteiger partial charge in [0.25, 0.3) is 0 Å². The number of carbonyl (C=O) groups is 1. The van der Waals surface area contributed by atoms with Crippen molar-refractivity contribution in [3.63, 3.8) is 0 Å². The number of amides is 1. The molecule has 0 bridgehead atoms. The lowest BCUT2D eigenvalue weighted by Crippen LogP contribution is -2.18. The summed E-state index contributed by atoms with van der Waals surface area (Å²) in [6.45, 7) is 0. The molecule has 0 aliphatic carbocycles. The highest BCUT2D eigenvalue weighted by Crippen LogP contribution is 2.05. The van der Waals surface area contributed by atoms with Crippen molar-refractivity contribution in [2.45, 2.75) is 0 Å². The first-order chi connectivity index (χ1) is 5.29. The SMILES string of the molecule is O=C(O)NC1=CC=CSC=N1. The Labute approximate surface area is 67.7 Å². The van der Waals surface area contributed by atoms with Crippen LogP contribution in [0.4, 0.5) is 4.79 Å². The van der Waals surface area contributed by atoms with Crippen molar-refractivity contribution >= 4 is 23.4 Å². The van der Waals surface area contributed by atoms with Crippen molar-refractivity contribution in [2.75, 3.05) is 0 Å². The van der Waals surface area contributed by atoms with Gasteiger partial charge in [-0.3, -0.25) is 5.32 Å². The van der Waals surface area contributed by atoms with Gasteiger partial charge >= 0.3 is 6.09 Å². The quantitative estimate of drug-likeness (QED) is 0.625. The summed E-state index contributed by atoms with van der Waals surface area (Å²) in [7, 11) is 0. The molecule has 0 spiro atoms. The predicted molar refractivity (Wildman–Crippen MR) is 44.5 cm³/mol. The third kappa shape index (κ3) is 2.90. The van der Waals surface area contributed by atoms with Gasteiger partial charge in [0, 0.05) is 0 Å². The number of carboxylic acid groups (broad SMARTS) is 1. The Hall–Kier alpha value is -1.23. The van der Waals surface area contributed by atoms with E-state index in [9.17, 15) is 4.79 Å². The molecule has 0 radical (unpaired) electrons. The maximum Gasteiger partial charge on any atom is 0.410 e. The van der Waals surface area contributed by atoms with Crippen LogP contribution in [0.25, 0.3) is 0 Å². The van der Waals surface area contributed by atoms with Crippen molar-refractivity contribution in [3.8, 4) is 0 Å². The minimum atomic E-state index is -1.10. The molecule has 0 aromatic heterocycles. The highest BCUT2D eigenvalue weighted by atomic mass is 32.2. The molecule has 4 nitrogen and oxygen atoms in total. The van der Waals surface area contributed by atoms with Gasteiger partial charge in [-0.2, -0.15) is 0 Å². The zero-order valence-electron chi connectivity index (χ0n) is 5.52. The molecule has 1 aliphatic heterocycles. The Morgan fingerprint density at radius 2 is 2.55 bits per heavy atom. The molecule has 0 fully saturated rings. The van der Waals surface area contributed by atoms with Crippen LogP contribution in [-0.2, 0) is 0 Å². The van der Waals surface area contributed by atoms with Crippen LogP contribution in [-0.4, -0.2) is 16.7 Å². The molecule has 1 rings (SSSR count). The molecule has 0 aromatic rings. The highest BCUT2D eigenvalue weighted by Gasteiger charge is 1.97. The first-order valence-electron chi connectivity index (χ1n) is 2.84. The van der Waals surface area contributed by atoms with E-state index in [1.807, 2.05) is 0 Å². The molecule has 11 heavy (non-hydrogen) atoms. The van der Waals surface area contributed by atoms with Gasteiger partial charge in [-0.15, -0.1) is 0 Å². The van der Waals surface area contributed by atoms with Crippen LogP contribution in [0.5, 0.6) is 0 Å². The minimum Gasteiger partial charge on any atom is -0.465 e. The van der Waals surface area contributed by atoms with Gasteiger partial charge in [0.2, 0.25) is 0 Å². The summed E-state index contributed by atoms with van der Waals surface area (Å²) >= 11 is 1.39. The van der Waals surface area contributed by atoms with E-state index in [0.29, 0.717) is 5.82 Å². The molecule has 0 unspecified atom stereocenters. The van der Waals surface area contributed by atoms with E-state index in [1.54, 1.807) is 23.1 Å². The molecule has 1 heterocycles. The lowest BCUT2D eigenvalue weighted by atomic mass is 10.5. The first-order valence-corrected chi connectivity index (χ1v) is 3.78. The lowest BCUT2D eigenvalue weighted by Gasteiger charge is -1.96. The Morgan fingerprint density at radius 1 is 1.73 bits per heavy atom. The van der Waals surface area contributed by atoms with Crippen LogP contribution in [0.2, 0.25) is 0 Å². The van der Waals surface area contributed by atoms with Crippen LogP contribution in [0.1, 0.15) is 0 Å². The van der Waals surface area contributed by atoms with E-state index < -0.39 is 6.09 Å². The van der Waals surface area contributed by atoms with E-state index in [4.69, 9.17) is 5.11 Å². The summed E-state index contributed by atoms with van der Waals surface area (Å²) in [6, 6.07) is 0. The number of hydrogen-bond acceptors (Lipinski definition) is 3. The average Bonchev–Trinajstić information content (AvgIpc) is 2.14. The topological polar surface area (TPSA) is 61.7 Å². The summed E-state index contributed by atoms with van der Waals surface area (Å²) in [4.78, 5) is 13.9. The van der Waals surface area contributed by atoms with Crippen molar-refractivity contribution in [1.82, 2.24) is 5.32 Å². The van der Waals surface area contributed by atoms with Gasteiger partial charge in [-0.1, -0.05) is 17.8 Å². The number of rotatable bonds is 1. The van der Waals surface area contributed by atoms with Gasteiger partial charge in [0.15, 0.2) is 0 Å². The van der Waals surface area contributed by atoms with Crippen molar-refractivity contribution in [1.29, 1.82) is 0 Å². The molecule has 1 amide bonds. The van der Waals surface area contributed by atoms with E-state index in [0.717, 1.165) is 0 Å². The van der Waals surface area contributed by atoms with E-state index in [-0.39, 0.29) is 0 Å². The number of allylic oxidation sites excluding steroid dienone is 2. The number of nitrogens with one attached hydrogen (secondary N) is 1. The molecule has 0 atom stereocenters. The van der Waals surface area contributed by atoms with Gasteiger partial charge in [0.1, 0.15) is 5.82 Å². The second kappa shape index (κ2) is 3.82. The summed E-state index contributed by atoms with van der Waals surface area (Å²) in [5, 5.41) is 12.2. The van der Waals surface area contributed by atoms with Gasteiger partial charge in [-0.25, -0.2) is 9.79 Å². The van der Waals surface area contributed by atoms with Crippen LogP contribution in [0.15, 0.2) is 28.4 Å². The van der Waals surface area contributed by atoms with Gasteiger partial charge < -0.3 is 5.11 Å². The number of nitrogens with zero attached hydrogens (tertiary/aromatic N) is 1. The third-order valence-corrected chi connectivity index (χ3v) is 1.44. The zero-order valence-corrected chi connectivity index (χ0v) is 6.34. The molecule has 5 heteroatoms. The molecule has 1 aliphatic rings. The van der Waals surface area contributed by atoms with Crippen molar-refractivity contribution in [3.05, 3.63) is 23.4 Å². The summed E-state index contributed by atoms with van der Waals surface area (Å²) in [6.07, 6.45) is 2.21. The minimum absolute atomic E-state index is 0.332. The standard InChI is InChI=1S/C6H6N2O2S/c9-6(10)8-5-2-1-3-11-4-7-5/h1-4,8H,(H,9,10). The largest absolute Gasteiger partial charge is 0.465 e. The second-order valence-corrected chi connectivity index (χ2v) is 2.44. The molecule has 58 valence electrons. The smallest absolute Gasteiger partial charge is 0.410 e. The van der Waals surface area contributed by atoms with Crippen LogP contribution in [0.3, 0.4) is 0 Å². The predicted octanol–water partition coefficient (Wildman–Crippen LogP) is 1.38. The van der Waals surface area contributed by atoms with Gasteiger partial charge in [0.05, 0.1) is 5.55 Å². The Kier molecular flexibility index (Phi) is 2.74. The Morgan fingerprint density at radius 3 is 3.27 bits per heavy atom. The van der Waals surface area contributed by atoms with Crippen molar-refractivity contribution in [2.24, 2.45) is 4.99 Å². The molecule has 0 saturated heterocycles. The number of thioether (sulfide) groups is 1. The Bertz CT molecular complexity index is 245. The molecule has 0 aromatic carbocycles. The van der Waals surface area contributed by atoms with E-state index >= 15 is 0 Å². The number of aliphatic imine (C=N–C) groups is 1. The maximum absolute atomic E-state index is 10.1. The highest BCUT2D eigenvalue weighted by molar-refractivity contribution is 8.14. The number of hydrogen-bond donors (Lipinski definition) is 2. The van der Waals surface area contributed by atoms with Crippen molar-refractivity contribution < 1.29 is 9.90 Å². The summed E-state index contributed by atoms with van der Waals surface area (Å²) in [5.41, 5.74) is 1.56. The Balaban J connectivity index is 2.62. The van der Waals surface area contributed by atoms with Crippen LogP contribution in [0, 0.1) is 0 Å². The summed E-state index contributed by atoms with van der Waals surface area (Å²) in [5.74, 6) is 0.332. The molecule has 2 N–H and O–H groups in total. The van der Waals surface area contributed by atoms with E-state index in [2.05, 4.69) is 10.3 Å². The lowest BCUT2D eigenvalue weighted by molar-refractivity contribution is 0.197. The van der Waals surface area contributed by atoms with Crippen LogP contribution < -0.4 is 5.32 Å². The third-order valence-electron chi connectivity index (χ3n) is 0.899. The molecular formula is C6H6N2O2S. The second-order valence-electron chi connectivity index (χ2n) is 1.68. The monoisotopic (exact) mass is 170 g/mol. The maximum atomic E-state index is 10.1. The molecular weight excluding hydrogens is 164 g/mol. The van der Waals surface area contributed by atoms with Gasteiger partial charge in [-0.05, 0) is 11.5 Å². The fourth-order valence-electron chi connectivity index (χ4n) is 0.525. The first kappa shape index (κ1) is 7.87. The van der Waals surface area contributed by atoms with E-state index in [1.165, 1.54) is 11.8 Å². The fourth-order valence-corrected chi connectivity index (χ4v) is 0.939. The normalized spacial score (nSPS) is 15.5. The summed E-state index contributed by atoms with van der Waals surface area (Å²) < 4.78 is 0. The van der Waals surface area contributed by atoms with Crippen LogP contribution >= 0.6 is 11.8 Å². The average molecular weight is 170 g/mol.